The molecule has 3 rings (SSSR count). The van der Waals surface area contributed by atoms with Crippen molar-refractivity contribution in [3.63, 3.8) is 0 Å². The number of hydrogen-bond donors (Lipinski definition) is 1. The monoisotopic (exact) mass is 323 g/mol. The van der Waals surface area contributed by atoms with E-state index in [-0.39, 0.29) is 0 Å². The molecular weight excluding hydrogens is 310 g/mol. The Morgan fingerprint density at radius 3 is 2.89 bits per heavy atom. The highest BCUT2D eigenvalue weighted by Crippen LogP contribution is 2.38. The first-order chi connectivity index (χ1) is 9.15. The highest BCUT2D eigenvalue weighted by Gasteiger charge is 2.17. The molecule has 0 spiro atoms. The summed E-state index contributed by atoms with van der Waals surface area (Å²) < 4.78 is 13.8. The van der Waals surface area contributed by atoms with Crippen molar-refractivity contribution in [1.29, 1.82) is 0 Å². The molecule has 0 fully saturated rings. The van der Waals surface area contributed by atoms with Crippen LogP contribution in [0.1, 0.15) is 11.1 Å². The van der Waals surface area contributed by atoms with Gasteiger partial charge in [0.15, 0.2) is 11.5 Å². The molecule has 2 heterocycles. The lowest BCUT2D eigenvalue weighted by atomic mass is 10.2. The molecule has 100 valence electrons. The number of ether oxygens (including phenoxy) is 2. The second kappa shape index (κ2) is 4.77. The summed E-state index contributed by atoms with van der Waals surface area (Å²) in [6, 6.07) is 3.97. The quantitative estimate of drug-likeness (QED) is 0.921. The molecule has 1 aromatic carbocycles. The molecule has 2 aromatic rings. The third kappa shape index (κ3) is 2.28. The summed E-state index contributed by atoms with van der Waals surface area (Å²) in [6.07, 6.45) is 1.77. The van der Waals surface area contributed by atoms with Crippen molar-refractivity contribution in [3.8, 4) is 11.5 Å². The fourth-order valence-electron chi connectivity index (χ4n) is 2.04. The van der Waals surface area contributed by atoms with Crippen molar-refractivity contribution in [3.05, 3.63) is 33.9 Å². The summed E-state index contributed by atoms with van der Waals surface area (Å²) in [5.74, 6) is 2.21. The zero-order chi connectivity index (χ0) is 13.4. The van der Waals surface area contributed by atoms with Gasteiger partial charge in [0, 0.05) is 5.56 Å². The number of hydrogen-bond acceptors (Lipinski definition) is 4. The molecular formula is C13H14BrN3O2. The summed E-state index contributed by atoms with van der Waals surface area (Å²) in [4.78, 5) is 0. The van der Waals surface area contributed by atoms with Gasteiger partial charge in [-0.1, -0.05) is 0 Å². The van der Waals surface area contributed by atoms with Crippen LogP contribution < -0.4 is 15.2 Å². The maximum absolute atomic E-state index is 5.96. The molecule has 1 aliphatic rings. The van der Waals surface area contributed by atoms with E-state index >= 15 is 0 Å². The number of nitrogens with two attached hydrogens (primary N) is 1. The third-order valence-corrected chi connectivity index (χ3v) is 3.65. The van der Waals surface area contributed by atoms with Gasteiger partial charge in [0.05, 0.1) is 17.2 Å². The van der Waals surface area contributed by atoms with E-state index < -0.39 is 0 Å². The number of benzene rings is 1. The minimum atomic E-state index is 0.575. The van der Waals surface area contributed by atoms with Gasteiger partial charge in [-0.2, -0.15) is 5.10 Å². The van der Waals surface area contributed by atoms with Gasteiger partial charge in [-0.05, 0) is 40.5 Å². The van der Waals surface area contributed by atoms with Crippen LogP contribution in [0.15, 0.2) is 22.8 Å². The fraction of sp³-hybridized carbons (Fsp3) is 0.308. The summed E-state index contributed by atoms with van der Waals surface area (Å²) in [5.41, 5.74) is 8.00. The van der Waals surface area contributed by atoms with Crippen LogP contribution >= 0.6 is 15.9 Å². The van der Waals surface area contributed by atoms with Crippen LogP contribution in [0, 0.1) is 6.92 Å². The third-order valence-electron chi connectivity index (χ3n) is 3.06. The van der Waals surface area contributed by atoms with E-state index in [0.29, 0.717) is 25.6 Å². The van der Waals surface area contributed by atoms with Crippen LogP contribution in [-0.4, -0.2) is 23.0 Å². The van der Waals surface area contributed by atoms with Gasteiger partial charge in [0.25, 0.3) is 0 Å². The number of nitrogen functional groups attached to an aromatic ring is 1. The Morgan fingerprint density at radius 1 is 1.37 bits per heavy atom. The lowest BCUT2D eigenvalue weighted by Crippen LogP contribution is -2.16. The zero-order valence-corrected chi connectivity index (χ0v) is 12.1. The van der Waals surface area contributed by atoms with Gasteiger partial charge in [0.1, 0.15) is 19.0 Å². The van der Waals surface area contributed by atoms with Crippen LogP contribution in [0.5, 0.6) is 11.5 Å². The molecule has 1 aliphatic heterocycles. The predicted molar refractivity (Wildman–Crippen MR) is 75.6 cm³/mol. The first kappa shape index (κ1) is 12.3. The molecule has 0 bridgehead atoms. The molecule has 5 nitrogen and oxygen atoms in total. The summed E-state index contributed by atoms with van der Waals surface area (Å²) in [5, 5.41) is 4.26. The van der Waals surface area contributed by atoms with Crippen molar-refractivity contribution >= 4 is 21.7 Å². The molecule has 0 saturated heterocycles. The Labute approximate surface area is 119 Å². The summed E-state index contributed by atoms with van der Waals surface area (Å²) in [6.45, 7) is 3.70. The zero-order valence-electron chi connectivity index (χ0n) is 10.5. The number of rotatable bonds is 2. The van der Waals surface area contributed by atoms with Crippen molar-refractivity contribution < 1.29 is 9.47 Å². The second-order valence-electron chi connectivity index (χ2n) is 4.47. The second-order valence-corrected chi connectivity index (χ2v) is 5.33. The highest BCUT2D eigenvalue weighted by molar-refractivity contribution is 9.10. The largest absolute Gasteiger partial charge is 0.486 e. The van der Waals surface area contributed by atoms with Crippen LogP contribution in [0.2, 0.25) is 0 Å². The number of aryl methyl sites for hydroxylation is 1. The Bertz CT molecular complexity index is 625. The van der Waals surface area contributed by atoms with Crippen LogP contribution in [0.3, 0.4) is 0 Å². The topological polar surface area (TPSA) is 62.3 Å². The standard InChI is InChI=1S/C13H14BrN3O2/c1-8-6-16-17(13(8)15)7-9-4-10(14)12-11(5-9)18-2-3-19-12/h4-6H,2-3,7,15H2,1H3. The van der Waals surface area contributed by atoms with E-state index in [1.165, 1.54) is 0 Å². The van der Waals surface area contributed by atoms with Gasteiger partial charge < -0.3 is 15.2 Å². The Hall–Kier alpha value is -1.69. The van der Waals surface area contributed by atoms with E-state index in [1.807, 2.05) is 19.1 Å². The maximum Gasteiger partial charge on any atom is 0.175 e. The van der Waals surface area contributed by atoms with E-state index in [0.717, 1.165) is 27.1 Å². The molecule has 0 saturated carbocycles. The SMILES string of the molecule is Cc1cnn(Cc2cc(Br)c3c(c2)OCCO3)c1N. The smallest absolute Gasteiger partial charge is 0.175 e. The molecule has 0 unspecified atom stereocenters. The lowest BCUT2D eigenvalue weighted by Gasteiger charge is -2.20. The maximum atomic E-state index is 5.96. The van der Waals surface area contributed by atoms with Crippen molar-refractivity contribution in [2.75, 3.05) is 18.9 Å². The average molecular weight is 324 g/mol. The summed E-state index contributed by atoms with van der Waals surface area (Å²) in [7, 11) is 0. The molecule has 0 radical (unpaired) electrons. The molecule has 19 heavy (non-hydrogen) atoms. The number of fused-ring (bicyclic) bond motifs is 1. The van der Waals surface area contributed by atoms with Crippen LogP contribution in [-0.2, 0) is 6.54 Å². The van der Waals surface area contributed by atoms with Gasteiger partial charge in [-0.25, -0.2) is 4.68 Å². The van der Waals surface area contributed by atoms with Gasteiger partial charge >= 0.3 is 0 Å². The van der Waals surface area contributed by atoms with E-state index in [2.05, 4.69) is 21.0 Å². The Kier molecular flexibility index (Phi) is 3.10. The van der Waals surface area contributed by atoms with E-state index in [1.54, 1.807) is 10.9 Å². The normalized spacial score (nSPS) is 13.6. The van der Waals surface area contributed by atoms with Crippen molar-refractivity contribution in [1.82, 2.24) is 9.78 Å². The predicted octanol–water partition coefficient (Wildman–Crippen LogP) is 2.36. The van der Waals surface area contributed by atoms with Crippen LogP contribution in [0.25, 0.3) is 0 Å². The van der Waals surface area contributed by atoms with Crippen molar-refractivity contribution in [2.45, 2.75) is 13.5 Å². The fourth-order valence-corrected chi connectivity index (χ4v) is 2.65. The highest BCUT2D eigenvalue weighted by atomic mass is 79.9. The van der Waals surface area contributed by atoms with E-state index in [9.17, 15) is 0 Å². The molecule has 1 aromatic heterocycles. The van der Waals surface area contributed by atoms with Crippen LogP contribution in [0.4, 0.5) is 5.82 Å². The number of anilines is 1. The Balaban J connectivity index is 1.93. The van der Waals surface area contributed by atoms with Gasteiger partial charge in [0.2, 0.25) is 0 Å². The number of nitrogens with zero attached hydrogens (tertiary/aromatic N) is 2. The van der Waals surface area contributed by atoms with Crippen molar-refractivity contribution in [2.24, 2.45) is 0 Å². The molecule has 6 heteroatoms. The number of aromatic nitrogens is 2. The summed E-state index contributed by atoms with van der Waals surface area (Å²) >= 11 is 3.50. The molecule has 2 N–H and O–H groups in total. The minimum absolute atomic E-state index is 0.575. The molecule has 0 atom stereocenters. The molecule has 0 aliphatic carbocycles. The lowest BCUT2D eigenvalue weighted by molar-refractivity contribution is 0.170. The molecule has 0 amide bonds. The van der Waals surface area contributed by atoms with Gasteiger partial charge in [-0.3, -0.25) is 0 Å². The minimum Gasteiger partial charge on any atom is -0.486 e. The number of halogens is 1. The van der Waals surface area contributed by atoms with Gasteiger partial charge in [-0.15, -0.1) is 0 Å². The first-order valence-corrected chi connectivity index (χ1v) is 6.80. The average Bonchev–Trinajstić information content (AvgIpc) is 2.71. The first-order valence-electron chi connectivity index (χ1n) is 6.01. The van der Waals surface area contributed by atoms with E-state index in [4.69, 9.17) is 15.2 Å². The Morgan fingerprint density at radius 2 is 2.16 bits per heavy atom.